The van der Waals surface area contributed by atoms with Crippen molar-refractivity contribution in [1.29, 1.82) is 0 Å². The molecule has 0 aromatic carbocycles. The van der Waals surface area contributed by atoms with Crippen LogP contribution < -0.4 is 0 Å². The molecular formula is C39H64O7. The lowest BCUT2D eigenvalue weighted by atomic mass is 9.33. The first kappa shape index (κ1) is 34.9. The second-order valence-electron chi connectivity index (χ2n) is 17.6. The van der Waals surface area contributed by atoms with E-state index in [1.807, 2.05) is 27.7 Å². The number of carbonyl (C=O) groups excluding carboxylic acids is 1. The van der Waals surface area contributed by atoms with E-state index in [1.165, 1.54) is 6.42 Å². The quantitative estimate of drug-likeness (QED) is 0.114. The lowest BCUT2D eigenvalue weighted by molar-refractivity contribution is -0.375. The zero-order valence-electron chi connectivity index (χ0n) is 30.7. The summed E-state index contributed by atoms with van der Waals surface area (Å²) in [5.74, 6) is 1.52. The molecule has 6 aliphatic rings. The Kier molecular flexibility index (Phi) is 9.17. The summed E-state index contributed by atoms with van der Waals surface area (Å²) in [6, 6.07) is 0. The first-order chi connectivity index (χ1) is 21.6. The van der Waals surface area contributed by atoms with Gasteiger partial charge in [-0.1, -0.05) is 53.2 Å². The lowest BCUT2D eigenvalue weighted by Gasteiger charge is -2.72. The van der Waals surface area contributed by atoms with Crippen molar-refractivity contribution in [2.75, 3.05) is 33.4 Å². The maximum absolute atomic E-state index is 14.0. The molecule has 5 aliphatic carbocycles. The Morgan fingerprint density at radius 3 is 2.33 bits per heavy atom. The fourth-order valence-corrected chi connectivity index (χ4v) is 12.5. The van der Waals surface area contributed by atoms with Crippen molar-refractivity contribution in [3.63, 3.8) is 0 Å². The van der Waals surface area contributed by atoms with E-state index in [-0.39, 0.29) is 52.5 Å². The van der Waals surface area contributed by atoms with Gasteiger partial charge in [0.05, 0.1) is 24.2 Å². The summed E-state index contributed by atoms with van der Waals surface area (Å²) < 4.78 is 37.0. The van der Waals surface area contributed by atoms with Gasteiger partial charge in [-0.3, -0.25) is 4.79 Å². The summed E-state index contributed by atoms with van der Waals surface area (Å²) in [6.45, 7) is 25.2. The Morgan fingerprint density at radius 2 is 1.61 bits per heavy atom. The molecule has 0 spiro atoms. The lowest BCUT2D eigenvalue weighted by Crippen LogP contribution is -2.71. The highest BCUT2D eigenvalue weighted by Gasteiger charge is 2.72. The number of allylic oxidation sites excluding steroid dienone is 2. The summed E-state index contributed by atoms with van der Waals surface area (Å²) in [4.78, 5) is 14.0. The molecule has 4 saturated carbocycles. The average molecular weight is 645 g/mol. The molecule has 0 amide bonds. The van der Waals surface area contributed by atoms with Gasteiger partial charge in [0.15, 0.2) is 12.6 Å². The molecule has 1 saturated heterocycles. The van der Waals surface area contributed by atoms with Crippen LogP contribution in [-0.4, -0.2) is 57.4 Å². The van der Waals surface area contributed by atoms with Crippen LogP contribution in [0.4, 0.5) is 0 Å². The van der Waals surface area contributed by atoms with E-state index < -0.39 is 11.2 Å². The zero-order chi connectivity index (χ0) is 33.3. The number of esters is 1. The third kappa shape index (κ3) is 5.02. The Balaban J connectivity index is 1.39. The van der Waals surface area contributed by atoms with Gasteiger partial charge in [-0.05, 0) is 125 Å². The third-order valence-electron chi connectivity index (χ3n) is 15.3. The Bertz CT molecular complexity index is 1180. The molecule has 5 fully saturated rings. The van der Waals surface area contributed by atoms with Crippen molar-refractivity contribution in [1.82, 2.24) is 0 Å². The van der Waals surface area contributed by atoms with Crippen LogP contribution in [0.15, 0.2) is 11.6 Å². The minimum Gasteiger partial charge on any atom is -0.438 e. The Morgan fingerprint density at radius 1 is 0.891 bits per heavy atom. The van der Waals surface area contributed by atoms with Gasteiger partial charge >= 0.3 is 5.97 Å². The topological polar surface area (TPSA) is 72.5 Å². The van der Waals surface area contributed by atoms with Crippen LogP contribution in [0.1, 0.15) is 121 Å². The van der Waals surface area contributed by atoms with E-state index in [0.29, 0.717) is 50.3 Å². The predicted octanol–water partition coefficient (Wildman–Crippen LogP) is 8.30. The van der Waals surface area contributed by atoms with Crippen molar-refractivity contribution in [2.24, 2.45) is 56.7 Å². The van der Waals surface area contributed by atoms with Crippen LogP contribution in [0.2, 0.25) is 0 Å². The molecule has 1 aliphatic heterocycles. The van der Waals surface area contributed by atoms with Crippen LogP contribution in [0, 0.1) is 56.7 Å². The van der Waals surface area contributed by atoms with Crippen LogP contribution in [0.5, 0.6) is 0 Å². The molecule has 7 heteroatoms. The van der Waals surface area contributed by atoms with Crippen LogP contribution >= 0.6 is 0 Å². The molecule has 6 unspecified atom stereocenters. The number of fused-ring (bicyclic) bond motifs is 9. The zero-order valence-corrected chi connectivity index (χ0v) is 30.7. The van der Waals surface area contributed by atoms with Gasteiger partial charge in [0, 0.05) is 18.6 Å². The molecule has 7 nitrogen and oxygen atoms in total. The van der Waals surface area contributed by atoms with Gasteiger partial charge in [-0.2, -0.15) is 0 Å². The number of carbonyl (C=O) groups is 1. The second kappa shape index (κ2) is 12.1. The van der Waals surface area contributed by atoms with Gasteiger partial charge in [0.1, 0.15) is 6.79 Å². The average Bonchev–Trinajstić information content (AvgIpc) is 3.00. The molecule has 46 heavy (non-hydrogen) atoms. The normalized spacial score (nSPS) is 49.3. The van der Waals surface area contributed by atoms with E-state index >= 15 is 0 Å². The minimum atomic E-state index is -0.628. The van der Waals surface area contributed by atoms with Gasteiger partial charge < -0.3 is 28.4 Å². The third-order valence-corrected chi connectivity index (χ3v) is 15.3. The number of rotatable bonds is 8. The van der Waals surface area contributed by atoms with Crippen LogP contribution in [0.3, 0.4) is 0 Å². The van der Waals surface area contributed by atoms with Crippen molar-refractivity contribution in [3.8, 4) is 0 Å². The van der Waals surface area contributed by atoms with Crippen molar-refractivity contribution in [3.05, 3.63) is 11.6 Å². The largest absolute Gasteiger partial charge is 0.438 e. The Labute approximate surface area is 279 Å². The Hall–Kier alpha value is -0.990. The second-order valence-corrected chi connectivity index (χ2v) is 17.6. The molecule has 0 bridgehead atoms. The molecule has 12 atom stereocenters. The molecule has 1 heterocycles. The van der Waals surface area contributed by atoms with Crippen molar-refractivity contribution in [2.45, 2.75) is 139 Å². The number of hydrogen-bond acceptors (Lipinski definition) is 7. The maximum atomic E-state index is 14.0. The van der Waals surface area contributed by atoms with E-state index in [1.54, 1.807) is 5.57 Å². The smallest absolute Gasteiger partial charge is 0.314 e. The van der Waals surface area contributed by atoms with E-state index in [4.69, 9.17) is 28.4 Å². The monoisotopic (exact) mass is 644 g/mol. The summed E-state index contributed by atoms with van der Waals surface area (Å²) in [7, 11) is 0. The molecular weight excluding hydrogens is 580 g/mol. The molecule has 0 aromatic rings. The standard InChI is InChI=1S/C39H64O7/c1-11-41-23-43-28-21-35(7)29(36(8)22-45-34(5,6)46-32(28)36)16-17-38(10)30(35)14-13-27-31-26(4)25(3)15-18-39(31,20-19-37(27,38)9)33(40)44-24-42-12-2/h13,25-26,28-32H,11-12,14-24H2,1-10H3/t25-,26+,28?,29?,30?,31?,32?,35+,36-,37-,38-,39?/m1/s1. The molecule has 262 valence electrons. The van der Waals surface area contributed by atoms with E-state index in [9.17, 15) is 4.79 Å². The SMILES string of the molecule is CCOCOC(=O)C12CC[C@@H](C)[C@H](C)C1C1=CCC3[C@@]4(C)CC(OCOCC)C5OC(C)(C)OC[C@]5(C)C4CC[C@@]3(C)[C@]1(C)CC2. The minimum absolute atomic E-state index is 0.0184. The summed E-state index contributed by atoms with van der Waals surface area (Å²) in [5.41, 5.74) is 1.13. The fraction of sp³-hybridized carbons (Fsp3) is 0.923. The fourth-order valence-electron chi connectivity index (χ4n) is 12.5. The first-order valence-corrected chi connectivity index (χ1v) is 18.6. The highest BCUT2D eigenvalue weighted by atomic mass is 16.7. The van der Waals surface area contributed by atoms with E-state index in [0.717, 1.165) is 44.9 Å². The van der Waals surface area contributed by atoms with Gasteiger partial charge in [-0.25, -0.2) is 0 Å². The van der Waals surface area contributed by atoms with Gasteiger partial charge in [-0.15, -0.1) is 0 Å². The number of ether oxygens (including phenoxy) is 6. The van der Waals surface area contributed by atoms with E-state index in [2.05, 4.69) is 47.6 Å². The molecule has 0 N–H and O–H groups in total. The summed E-state index contributed by atoms with van der Waals surface area (Å²) in [5, 5.41) is 0. The predicted molar refractivity (Wildman–Crippen MR) is 178 cm³/mol. The van der Waals surface area contributed by atoms with Gasteiger partial charge in [0.25, 0.3) is 0 Å². The summed E-state index contributed by atoms with van der Waals surface area (Å²) >= 11 is 0. The first-order valence-electron chi connectivity index (χ1n) is 18.6. The summed E-state index contributed by atoms with van der Waals surface area (Å²) in [6.07, 6.45) is 10.8. The van der Waals surface area contributed by atoms with Crippen molar-refractivity contribution < 1.29 is 33.2 Å². The highest BCUT2D eigenvalue weighted by molar-refractivity contribution is 5.78. The molecule has 6 rings (SSSR count). The maximum Gasteiger partial charge on any atom is 0.314 e. The van der Waals surface area contributed by atoms with Gasteiger partial charge in [0.2, 0.25) is 0 Å². The van der Waals surface area contributed by atoms with Crippen LogP contribution in [0.25, 0.3) is 0 Å². The molecule has 0 aromatic heterocycles. The number of hydrogen-bond donors (Lipinski definition) is 0. The van der Waals surface area contributed by atoms with Crippen molar-refractivity contribution >= 4 is 5.97 Å². The van der Waals surface area contributed by atoms with Crippen LogP contribution in [-0.2, 0) is 33.2 Å². The highest BCUT2D eigenvalue weighted by Crippen LogP contribution is 2.76. The molecule has 0 radical (unpaired) electrons.